The van der Waals surface area contributed by atoms with E-state index in [0.29, 0.717) is 43.1 Å². The first-order valence-corrected chi connectivity index (χ1v) is 9.38. The molecule has 0 spiro atoms. The number of aromatic amines is 1. The summed E-state index contributed by atoms with van der Waals surface area (Å²) in [6.45, 7) is 1.25. The summed E-state index contributed by atoms with van der Waals surface area (Å²) in [6.07, 6.45) is 7.11. The van der Waals surface area contributed by atoms with Crippen LogP contribution in [-0.4, -0.2) is 43.8 Å². The zero-order chi connectivity index (χ0) is 19.3. The molecule has 1 aliphatic rings. The van der Waals surface area contributed by atoms with Crippen LogP contribution in [0.2, 0.25) is 0 Å². The molecule has 7 heteroatoms. The second-order valence-electron chi connectivity index (χ2n) is 6.91. The average Bonchev–Trinajstić information content (AvgIpc) is 3.23. The maximum atomic E-state index is 12.6. The van der Waals surface area contributed by atoms with Gasteiger partial charge in [-0.2, -0.15) is 0 Å². The molecular weight excluding hydrogens is 354 g/mol. The molecule has 0 bridgehead atoms. The van der Waals surface area contributed by atoms with Gasteiger partial charge in [-0.15, -0.1) is 0 Å². The van der Waals surface area contributed by atoms with Gasteiger partial charge < -0.3 is 9.88 Å². The van der Waals surface area contributed by atoms with Crippen molar-refractivity contribution in [1.82, 2.24) is 24.8 Å². The quantitative estimate of drug-likeness (QED) is 0.738. The lowest BCUT2D eigenvalue weighted by atomic mass is 10.1. The van der Waals surface area contributed by atoms with E-state index in [9.17, 15) is 9.59 Å². The zero-order valence-electron chi connectivity index (χ0n) is 15.4. The summed E-state index contributed by atoms with van der Waals surface area (Å²) in [5.41, 5.74) is 2.13. The van der Waals surface area contributed by atoms with Crippen molar-refractivity contribution in [3.05, 3.63) is 76.7 Å². The second-order valence-corrected chi connectivity index (χ2v) is 6.91. The van der Waals surface area contributed by atoms with Crippen LogP contribution < -0.4 is 5.56 Å². The monoisotopic (exact) mass is 375 g/mol. The van der Waals surface area contributed by atoms with Gasteiger partial charge in [-0.3, -0.25) is 19.6 Å². The maximum Gasteiger partial charge on any atom is 0.251 e. The molecular formula is C21H21N5O2. The zero-order valence-corrected chi connectivity index (χ0v) is 15.4. The summed E-state index contributed by atoms with van der Waals surface area (Å²) < 4.78 is 0. The Morgan fingerprint density at radius 2 is 2.00 bits per heavy atom. The van der Waals surface area contributed by atoms with Crippen LogP contribution in [0.3, 0.4) is 0 Å². The van der Waals surface area contributed by atoms with Gasteiger partial charge in [-0.25, -0.2) is 4.98 Å². The van der Waals surface area contributed by atoms with Crippen molar-refractivity contribution in [2.75, 3.05) is 13.1 Å². The predicted octanol–water partition coefficient (Wildman–Crippen LogP) is 2.18. The van der Waals surface area contributed by atoms with Crippen LogP contribution >= 0.6 is 0 Å². The van der Waals surface area contributed by atoms with E-state index in [1.165, 1.54) is 6.07 Å². The maximum absolute atomic E-state index is 12.6. The van der Waals surface area contributed by atoms with E-state index in [2.05, 4.69) is 19.9 Å². The fourth-order valence-electron chi connectivity index (χ4n) is 3.48. The van der Waals surface area contributed by atoms with Crippen molar-refractivity contribution in [1.29, 1.82) is 0 Å². The first-order chi connectivity index (χ1) is 13.7. The third-order valence-corrected chi connectivity index (χ3v) is 4.99. The molecule has 7 nitrogen and oxygen atoms in total. The Morgan fingerprint density at radius 3 is 2.79 bits per heavy atom. The third-order valence-electron chi connectivity index (χ3n) is 4.99. The molecule has 1 N–H and O–H groups in total. The summed E-state index contributed by atoms with van der Waals surface area (Å²) >= 11 is 0. The van der Waals surface area contributed by atoms with Crippen LogP contribution in [0.1, 0.15) is 30.1 Å². The molecule has 0 aliphatic carbocycles. The van der Waals surface area contributed by atoms with Crippen molar-refractivity contribution < 1.29 is 4.79 Å². The second kappa shape index (κ2) is 8.12. The fourth-order valence-corrected chi connectivity index (χ4v) is 3.48. The highest BCUT2D eigenvalue weighted by Gasteiger charge is 2.29. The molecule has 1 saturated heterocycles. The van der Waals surface area contributed by atoms with Gasteiger partial charge in [0.25, 0.3) is 5.56 Å². The number of aryl methyl sites for hydroxylation is 1. The van der Waals surface area contributed by atoms with E-state index >= 15 is 0 Å². The van der Waals surface area contributed by atoms with Gasteiger partial charge in [-0.05, 0) is 42.7 Å². The number of nitrogens with zero attached hydrogens (tertiary/aromatic N) is 4. The molecule has 1 amide bonds. The first kappa shape index (κ1) is 18.0. The molecule has 4 rings (SSSR count). The number of pyridine rings is 2. The van der Waals surface area contributed by atoms with Gasteiger partial charge in [0.2, 0.25) is 5.91 Å². The lowest BCUT2D eigenvalue weighted by Gasteiger charge is -2.16. The minimum absolute atomic E-state index is 0.0289. The summed E-state index contributed by atoms with van der Waals surface area (Å²) in [7, 11) is 0. The smallest absolute Gasteiger partial charge is 0.251 e. The summed E-state index contributed by atoms with van der Waals surface area (Å²) in [6, 6.07) is 10.8. The van der Waals surface area contributed by atoms with Crippen LogP contribution in [-0.2, 0) is 11.2 Å². The molecule has 3 aromatic heterocycles. The van der Waals surface area contributed by atoms with Crippen LogP contribution in [0.5, 0.6) is 0 Å². The Morgan fingerprint density at radius 1 is 1.14 bits per heavy atom. The number of aromatic nitrogens is 4. The molecule has 4 heterocycles. The topological polar surface area (TPSA) is 91.8 Å². The number of likely N-dealkylation sites (tertiary alicyclic amines) is 1. The number of carbonyl (C=O) groups excluding carboxylic acids is 1. The number of amides is 1. The van der Waals surface area contributed by atoms with E-state index in [1.807, 2.05) is 35.2 Å². The fraction of sp³-hybridized carbons (Fsp3) is 0.286. The van der Waals surface area contributed by atoms with Crippen molar-refractivity contribution in [2.24, 2.45) is 0 Å². The first-order valence-electron chi connectivity index (χ1n) is 9.38. The normalized spacial score (nSPS) is 16.3. The number of carbonyl (C=O) groups is 1. The van der Waals surface area contributed by atoms with Crippen LogP contribution in [0.25, 0.3) is 11.4 Å². The van der Waals surface area contributed by atoms with Gasteiger partial charge in [0.1, 0.15) is 5.82 Å². The summed E-state index contributed by atoms with van der Waals surface area (Å²) in [4.78, 5) is 42.2. The SMILES string of the molecule is O=C(CCc1ccncc1)N1CCC(c2nc(-c3ccccn3)cc(=O)[nH]2)C1. The Hall–Kier alpha value is -3.35. The largest absolute Gasteiger partial charge is 0.342 e. The molecule has 3 aromatic rings. The van der Waals surface area contributed by atoms with Gasteiger partial charge in [-0.1, -0.05) is 6.07 Å². The van der Waals surface area contributed by atoms with Crippen molar-refractivity contribution in [3.8, 4) is 11.4 Å². The number of nitrogens with one attached hydrogen (secondary N) is 1. The minimum atomic E-state index is -0.201. The molecule has 1 atom stereocenters. The van der Waals surface area contributed by atoms with Crippen molar-refractivity contribution in [3.63, 3.8) is 0 Å². The van der Waals surface area contributed by atoms with Crippen molar-refractivity contribution in [2.45, 2.75) is 25.2 Å². The van der Waals surface area contributed by atoms with Gasteiger partial charge >= 0.3 is 0 Å². The van der Waals surface area contributed by atoms with E-state index in [1.54, 1.807) is 18.6 Å². The minimum Gasteiger partial charge on any atom is -0.342 e. The highest BCUT2D eigenvalue weighted by molar-refractivity contribution is 5.76. The lowest BCUT2D eigenvalue weighted by Crippen LogP contribution is -2.29. The van der Waals surface area contributed by atoms with Crippen LogP contribution in [0.4, 0.5) is 0 Å². The lowest BCUT2D eigenvalue weighted by molar-refractivity contribution is -0.130. The predicted molar refractivity (Wildman–Crippen MR) is 105 cm³/mol. The molecule has 0 radical (unpaired) electrons. The highest BCUT2D eigenvalue weighted by Crippen LogP contribution is 2.26. The van der Waals surface area contributed by atoms with Gasteiger partial charge in [0.15, 0.2) is 0 Å². The standard InChI is InChI=1S/C21H21N5O2/c27-19-13-18(17-3-1-2-9-23-17)24-21(25-19)16-8-12-26(14-16)20(28)5-4-15-6-10-22-11-7-15/h1-3,6-7,9-11,13,16H,4-5,8,12,14H2,(H,24,25,27). The molecule has 0 aromatic carbocycles. The van der Waals surface area contributed by atoms with E-state index < -0.39 is 0 Å². The molecule has 142 valence electrons. The Labute approximate surface area is 162 Å². The molecule has 0 saturated carbocycles. The van der Waals surface area contributed by atoms with E-state index in [-0.39, 0.29) is 17.4 Å². The van der Waals surface area contributed by atoms with Crippen LogP contribution in [0, 0.1) is 0 Å². The van der Waals surface area contributed by atoms with E-state index in [4.69, 9.17) is 0 Å². The van der Waals surface area contributed by atoms with Gasteiger partial charge in [0, 0.05) is 50.1 Å². The molecule has 1 fully saturated rings. The Bertz CT molecular complexity index is 1000. The van der Waals surface area contributed by atoms with Crippen molar-refractivity contribution >= 4 is 5.91 Å². The van der Waals surface area contributed by atoms with Crippen LogP contribution in [0.15, 0.2) is 59.8 Å². The molecule has 1 unspecified atom stereocenters. The van der Waals surface area contributed by atoms with Gasteiger partial charge in [0.05, 0.1) is 11.4 Å². The third kappa shape index (κ3) is 4.14. The Balaban J connectivity index is 1.43. The van der Waals surface area contributed by atoms with E-state index in [0.717, 1.165) is 12.0 Å². The number of H-pyrrole nitrogens is 1. The average molecular weight is 375 g/mol. The Kier molecular flexibility index (Phi) is 5.23. The number of rotatable bonds is 5. The highest BCUT2D eigenvalue weighted by atomic mass is 16.2. The molecule has 1 aliphatic heterocycles. The number of hydrogen-bond donors (Lipinski definition) is 1. The summed E-state index contributed by atoms with van der Waals surface area (Å²) in [5.74, 6) is 0.779. The molecule has 28 heavy (non-hydrogen) atoms. The number of hydrogen-bond acceptors (Lipinski definition) is 5. The summed E-state index contributed by atoms with van der Waals surface area (Å²) in [5, 5.41) is 0.